The average Bonchev–Trinajstić information content (AvgIpc) is 2.52. The van der Waals surface area contributed by atoms with Gasteiger partial charge in [0.25, 0.3) is 0 Å². The highest BCUT2D eigenvalue weighted by Gasteiger charge is 2.01. The maximum Gasteiger partial charge on any atom is 0.188 e. The van der Waals surface area contributed by atoms with Crippen molar-refractivity contribution in [3.8, 4) is 11.5 Å². The molecular formula is C14H15N3O3. The van der Waals surface area contributed by atoms with Crippen LogP contribution in [-0.2, 0) is 0 Å². The van der Waals surface area contributed by atoms with Crippen molar-refractivity contribution < 1.29 is 14.7 Å². The first-order chi connectivity index (χ1) is 9.79. The number of para-hydroxylation sites is 1. The second kappa shape index (κ2) is 6.98. The van der Waals surface area contributed by atoms with Crippen molar-refractivity contribution in [1.82, 2.24) is 4.98 Å². The Kier molecular flexibility index (Phi) is 4.77. The van der Waals surface area contributed by atoms with Crippen LogP contribution in [0.3, 0.4) is 0 Å². The van der Waals surface area contributed by atoms with E-state index >= 15 is 0 Å². The lowest BCUT2D eigenvalue weighted by Gasteiger charge is -2.08. The molecule has 0 bridgehead atoms. The summed E-state index contributed by atoms with van der Waals surface area (Å²) in [5.41, 5.74) is 5.80. The number of ether oxygens (including phenoxy) is 2. The first-order valence-corrected chi connectivity index (χ1v) is 6.04. The fourth-order valence-electron chi connectivity index (χ4n) is 1.50. The molecule has 1 aromatic carbocycles. The number of pyridine rings is 1. The van der Waals surface area contributed by atoms with E-state index in [-0.39, 0.29) is 5.84 Å². The molecule has 2 rings (SSSR count). The molecule has 3 N–H and O–H groups in total. The SMILES string of the molecule is N/C(=N/O)c1ccc(OCCOc2ccccc2)cn1. The summed E-state index contributed by atoms with van der Waals surface area (Å²) in [5.74, 6) is 1.36. The van der Waals surface area contributed by atoms with Gasteiger partial charge < -0.3 is 20.4 Å². The maximum absolute atomic E-state index is 8.51. The molecule has 0 radical (unpaired) electrons. The molecule has 1 heterocycles. The van der Waals surface area contributed by atoms with Crippen LogP contribution in [0.4, 0.5) is 0 Å². The zero-order valence-corrected chi connectivity index (χ0v) is 10.8. The molecular weight excluding hydrogens is 258 g/mol. The first kappa shape index (κ1) is 13.7. The van der Waals surface area contributed by atoms with Gasteiger partial charge >= 0.3 is 0 Å². The summed E-state index contributed by atoms with van der Waals surface area (Å²) in [6.07, 6.45) is 1.51. The van der Waals surface area contributed by atoms with Gasteiger partial charge in [-0.3, -0.25) is 0 Å². The van der Waals surface area contributed by atoms with Gasteiger partial charge in [-0.2, -0.15) is 0 Å². The number of benzene rings is 1. The Labute approximate surface area is 116 Å². The molecule has 0 aliphatic rings. The van der Waals surface area contributed by atoms with Gasteiger partial charge in [0.1, 0.15) is 30.4 Å². The van der Waals surface area contributed by atoms with Crippen molar-refractivity contribution in [3.05, 3.63) is 54.4 Å². The summed E-state index contributed by atoms with van der Waals surface area (Å²) in [6.45, 7) is 0.839. The van der Waals surface area contributed by atoms with Crippen LogP contribution >= 0.6 is 0 Å². The van der Waals surface area contributed by atoms with Crippen molar-refractivity contribution in [2.75, 3.05) is 13.2 Å². The Bertz CT molecular complexity index is 556. The van der Waals surface area contributed by atoms with Crippen molar-refractivity contribution in [2.24, 2.45) is 10.9 Å². The molecule has 0 spiro atoms. The fourth-order valence-corrected chi connectivity index (χ4v) is 1.50. The highest BCUT2D eigenvalue weighted by atomic mass is 16.5. The fraction of sp³-hybridized carbons (Fsp3) is 0.143. The summed E-state index contributed by atoms with van der Waals surface area (Å²) in [5, 5.41) is 11.4. The number of rotatable bonds is 6. The third-order valence-corrected chi connectivity index (χ3v) is 2.47. The maximum atomic E-state index is 8.51. The van der Waals surface area contributed by atoms with Crippen molar-refractivity contribution in [2.45, 2.75) is 0 Å². The third-order valence-electron chi connectivity index (χ3n) is 2.47. The van der Waals surface area contributed by atoms with Crippen LogP contribution in [0.25, 0.3) is 0 Å². The van der Waals surface area contributed by atoms with Crippen LogP contribution in [0.15, 0.2) is 53.8 Å². The second-order valence-electron chi connectivity index (χ2n) is 3.87. The van der Waals surface area contributed by atoms with Gasteiger partial charge in [-0.15, -0.1) is 0 Å². The zero-order valence-electron chi connectivity index (χ0n) is 10.8. The highest BCUT2D eigenvalue weighted by molar-refractivity contribution is 5.95. The molecule has 104 valence electrons. The number of oxime groups is 1. The number of amidine groups is 1. The minimum Gasteiger partial charge on any atom is -0.490 e. The van der Waals surface area contributed by atoms with E-state index in [9.17, 15) is 0 Å². The molecule has 1 aromatic heterocycles. The van der Waals surface area contributed by atoms with Gasteiger partial charge in [0.05, 0.1) is 6.20 Å². The molecule has 0 saturated heterocycles. The van der Waals surface area contributed by atoms with E-state index in [2.05, 4.69) is 10.1 Å². The summed E-state index contributed by atoms with van der Waals surface area (Å²) < 4.78 is 11.0. The van der Waals surface area contributed by atoms with Gasteiger partial charge in [-0.05, 0) is 24.3 Å². The summed E-state index contributed by atoms with van der Waals surface area (Å²) in [6, 6.07) is 12.8. The topological polar surface area (TPSA) is 90.0 Å². The van der Waals surface area contributed by atoms with Crippen LogP contribution < -0.4 is 15.2 Å². The molecule has 0 amide bonds. The van der Waals surface area contributed by atoms with E-state index in [1.165, 1.54) is 6.20 Å². The van der Waals surface area contributed by atoms with Crippen LogP contribution in [-0.4, -0.2) is 29.2 Å². The largest absolute Gasteiger partial charge is 0.490 e. The van der Waals surface area contributed by atoms with E-state index in [1.54, 1.807) is 12.1 Å². The number of nitrogens with zero attached hydrogens (tertiary/aromatic N) is 2. The van der Waals surface area contributed by atoms with Gasteiger partial charge in [0.2, 0.25) is 0 Å². The molecule has 20 heavy (non-hydrogen) atoms. The lowest BCUT2D eigenvalue weighted by Crippen LogP contribution is -2.15. The van der Waals surface area contributed by atoms with Gasteiger partial charge in [-0.25, -0.2) is 4.98 Å². The molecule has 0 aliphatic heterocycles. The summed E-state index contributed by atoms with van der Waals surface area (Å²) in [7, 11) is 0. The lowest BCUT2D eigenvalue weighted by molar-refractivity contribution is 0.216. The molecule has 0 atom stereocenters. The molecule has 2 aromatic rings. The van der Waals surface area contributed by atoms with Crippen molar-refractivity contribution >= 4 is 5.84 Å². The number of aromatic nitrogens is 1. The molecule has 6 nitrogen and oxygen atoms in total. The Morgan fingerprint density at radius 2 is 1.75 bits per heavy atom. The van der Waals surface area contributed by atoms with E-state index in [1.807, 2.05) is 30.3 Å². The van der Waals surface area contributed by atoms with E-state index < -0.39 is 0 Å². The number of nitrogens with two attached hydrogens (primary N) is 1. The summed E-state index contributed by atoms with van der Waals surface area (Å²) >= 11 is 0. The zero-order chi connectivity index (χ0) is 14.2. The van der Waals surface area contributed by atoms with Gasteiger partial charge in [-0.1, -0.05) is 23.4 Å². The van der Waals surface area contributed by atoms with E-state index in [4.69, 9.17) is 20.4 Å². The van der Waals surface area contributed by atoms with E-state index in [0.717, 1.165) is 5.75 Å². The minimum absolute atomic E-state index is 0.0380. The van der Waals surface area contributed by atoms with Crippen molar-refractivity contribution in [3.63, 3.8) is 0 Å². The van der Waals surface area contributed by atoms with Gasteiger partial charge in [0.15, 0.2) is 5.84 Å². The Morgan fingerprint density at radius 1 is 1.05 bits per heavy atom. The first-order valence-electron chi connectivity index (χ1n) is 6.04. The quantitative estimate of drug-likeness (QED) is 0.274. The highest BCUT2D eigenvalue weighted by Crippen LogP contribution is 2.10. The lowest BCUT2D eigenvalue weighted by atomic mass is 10.3. The summed E-state index contributed by atoms with van der Waals surface area (Å²) in [4.78, 5) is 4.00. The number of hydrogen-bond donors (Lipinski definition) is 2. The number of hydrogen-bond acceptors (Lipinski definition) is 5. The Hall–Kier alpha value is -2.76. The second-order valence-corrected chi connectivity index (χ2v) is 3.87. The molecule has 0 aliphatic carbocycles. The van der Waals surface area contributed by atoms with Crippen LogP contribution in [0.1, 0.15) is 5.69 Å². The average molecular weight is 273 g/mol. The van der Waals surface area contributed by atoms with E-state index in [0.29, 0.717) is 24.7 Å². The van der Waals surface area contributed by atoms with Crippen LogP contribution in [0, 0.1) is 0 Å². The standard InChI is InChI=1S/C14H15N3O3/c15-14(17-18)13-7-6-12(10-16-13)20-9-8-19-11-4-2-1-3-5-11/h1-7,10,18H,8-9H2,(H2,15,17). The third kappa shape index (κ3) is 3.88. The monoisotopic (exact) mass is 273 g/mol. The Morgan fingerprint density at radius 3 is 2.35 bits per heavy atom. The van der Waals surface area contributed by atoms with Crippen LogP contribution in [0.2, 0.25) is 0 Å². The van der Waals surface area contributed by atoms with Crippen molar-refractivity contribution in [1.29, 1.82) is 0 Å². The minimum atomic E-state index is -0.0380. The smallest absolute Gasteiger partial charge is 0.188 e. The molecule has 6 heteroatoms. The van der Waals surface area contributed by atoms with Crippen LogP contribution in [0.5, 0.6) is 11.5 Å². The predicted octanol–water partition coefficient (Wildman–Crippen LogP) is 1.63. The normalized spacial score (nSPS) is 11.1. The van der Waals surface area contributed by atoms with Gasteiger partial charge in [0, 0.05) is 0 Å². The molecule has 0 fully saturated rings. The molecule has 0 unspecified atom stereocenters. The molecule has 0 saturated carbocycles. The Balaban J connectivity index is 1.77. The predicted molar refractivity (Wildman–Crippen MR) is 74.2 cm³/mol.